The SMILES string of the molecule is NC1C=CC(C(=O)NCC2(C(=O)O)CCCC2)C1. The van der Waals surface area contributed by atoms with Crippen molar-refractivity contribution in [1.82, 2.24) is 5.32 Å². The number of nitrogens with two attached hydrogens (primary N) is 1. The molecule has 0 aromatic carbocycles. The molecular formula is C13H20N2O3. The molecule has 0 aromatic rings. The molecular weight excluding hydrogens is 232 g/mol. The fraction of sp³-hybridized carbons (Fsp3) is 0.692. The molecule has 1 saturated carbocycles. The van der Waals surface area contributed by atoms with Crippen LogP contribution in [-0.2, 0) is 9.59 Å². The first-order chi connectivity index (χ1) is 8.53. The van der Waals surface area contributed by atoms with E-state index < -0.39 is 11.4 Å². The predicted molar refractivity (Wildman–Crippen MR) is 66.8 cm³/mol. The Hall–Kier alpha value is -1.36. The summed E-state index contributed by atoms with van der Waals surface area (Å²) in [4.78, 5) is 23.2. The molecule has 0 bridgehead atoms. The minimum Gasteiger partial charge on any atom is -0.481 e. The second kappa shape index (κ2) is 5.10. The lowest BCUT2D eigenvalue weighted by atomic mass is 9.86. The van der Waals surface area contributed by atoms with Crippen molar-refractivity contribution in [3.8, 4) is 0 Å². The molecule has 0 spiro atoms. The fourth-order valence-electron chi connectivity index (χ4n) is 2.83. The maximum atomic E-state index is 11.9. The Morgan fingerprint density at radius 3 is 2.50 bits per heavy atom. The van der Waals surface area contributed by atoms with Crippen LogP contribution < -0.4 is 11.1 Å². The number of carboxylic acid groups (broad SMARTS) is 1. The van der Waals surface area contributed by atoms with Crippen molar-refractivity contribution in [2.75, 3.05) is 6.54 Å². The lowest BCUT2D eigenvalue weighted by Crippen LogP contribution is -2.43. The number of hydrogen-bond acceptors (Lipinski definition) is 3. The van der Waals surface area contributed by atoms with E-state index in [0.717, 1.165) is 12.8 Å². The van der Waals surface area contributed by atoms with Gasteiger partial charge in [-0.2, -0.15) is 0 Å². The predicted octanol–water partition coefficient (Wildman–Crippen LogP) is 0.651. The van der Waals surface area contributed by atoms with E-state index in [2.05, 4.69) is 5.32 Å². The van der Waals surface area contributed by atoms with Crippen molar-refractivity contribution >= 4 is 11.9 Å². The summed E-state index contributed by atoms with van der Waals surface area (Å²) in [5, 5.41) is 12.1. The van der Waals surface area contributed by atoms with Gasteiger partial charge >= 0.3 is 5.97 Å². The first kappa shape index (κ1) is 13.1. The third-order valence-electron chi connectivity index (χ3n) is 4.07. The molecule has 4 N–H and O–H groups in total. The summed E-state index contributed by atoms with van der Waals surface area (Å²) in [6.45, 7) is 0.237. The van der Waals surface area contributed by atoms with Crippen molar-refractivity contribution < 1.29 is 14.7 Å². The van der Waals surface area contributed by atoms with Gasteiger partial charge in [-0.15, -0.1) is 0 Å². The monoisotopic (exact) mass is 252 g/mol. The number of amides is 1. The Bertz CT molecular complexity index is 372. The summed E-state index contributed by atoms with van der Waals surface area (Å²) in [6.07, 6.45) is 7.42. The van der Waals surface area contributed by atoms with Gasteiger partial charge in [0.15, 0.2) is 0 Å². The van der Waals surface area contributed by atoms with Crippen LogP contribution in [0.3, 0.4) is 0 Å². The molecule has 100 valence electrons. The Morgan fingerprint density at radius 2 is 2.00 bits per heavy atom. The first-order valence-electron chi connectivity index (χ1n) is 6.48. The summed E-state index contributed by atoms with van der Waals surface area (Å²) in [5.74, 6) is -1.10. The molecule has 1 amide bonds. The van der Waals surface area contributed by atoms with Crippen LogP contribution in [0.1, 0.15) is 32.1 Å². The van der Waals surface area contributed by atoms with Crippen molar-refractivity contribution in [2.45, 2.75) is 38.1 Å². The third kappa shape index (κ3) is 2.56. The number of rotatable bonds is 4. The van der Waals surface area contributed by atoms with Crippen LogP contribution in [0.15, 0.2) is 12.2 Å². The second-order valence-corrected chi connectivity index (χ2v) is 5.40. The van der Waals surface area contributed by atoms with Crippen LogP contribution in [0, 0.1) is 11.3 Å². The van der Waals surface area contributed by atoms with Gasteiger partial charge in [-0.25, -0.2) is 0 Å². The summed E-state index contributed by atoms with van der Waals surface area (Å²) in [6, 6.07) is -0.0549. The van der Waals surface area contributed by atoms with Gasteiger partial charge in [0.2, 0.25) is 5.91 Å². The van der Waals surface area contributed by atoms with Crippen LogP contribution >= 0.6 is 0 Å². The highest BCUT2D eigenvalue weighted by atomic mass is 16.4. The number of carbonyl (C=O) groups is 2. The highest BCUT2D eigenvalue weighted by Gasteiger charge is 2.41. The van der Waals surface area contributed by atoms with E-state index >= 15 is 0 Å². The highest BCUT2D eigenvalue weighted by molar-refractivity contribution is 5.82. The summed E-state index contributed by atoms with van der Waals surface area (Å²) in [7, 11) is 0. The Morgan fingerprint density at radius 1 is 1.33 bits per heavy atom. The van der Waals surface area contributed by atoms with E-state index in [0.29, 0.717) is 19.3 Å². The summed E-state index contributed by atoms with van der Waals surface area (Å²) < 4.78 is 0. The molecule has 2 aliphatic rings. The minimum absolute atomic E-state index is 0.0549. The van der Waals surface area contributed by atoms with Crippen LogP contribution in [0.25, 0.3) is 0 Å². The van der Waals surface area contributed by atoms with Crippen LogP contribution in [0.2, 0.25) is 0 Å². The van der Waals surface area contributed by atoms with E-state index in [1.165, 1.54) is 0 Å². The van der Waals surface area contributed by atoms with E-state index in [1.807, 2.05) is 12.2 Å². The number of carboxylic acids is 1. The van der Waals surface area contributed by atoms with E-state index in [4.69, 9.17) is 5.73 Å². The fourth-order valence-corrected chi connectivity index (χ4v) is 2.83. The zero-order valence-electron chi connectivity index (χ0n) is 10.4. The molecule has 0 radical (unpaired) electrons. The van der Waals surface area contributed by atoms with Gasteiger partial charge in [-0.1, -0.05) is 25.0 Å². The molecule has 0 aromatic heterocycles. The molecule has 18 heavy (non-hydrogen) atoms. The molecule has 0 aliphatic heterocycles. The maximum Gasteiger partial charge on any atom is 0.311 e. The van der Waals surface area contributed by atoms with Crippen LogP contribution in [0.4, 0.5) is 0 Å². The molecule has 2 rings (SSSR count). The van der Waals surface area contributed by atoms with E-state index in [1.54, 1.807) is 0 Å². The molecule has 5 nitrogen and oxygen atoms in total. The van der Waals surface area contributed by atoms with Gasteiger partial charge in [0, 0.05) is 12.6 Å². The van der Waals surface area contributed by atoms with Crippen molar-refractivity contribution in [3.05, 3.63) is 12.2 Å². The van der Waals surface area contributed by atoms with Gasteiger partial charge in [0.05, 0.1) is 11.3 Å². The van der Waals surface area contributed by atoms with Gasteiger partial charge in [0.25, 0.3) is 0 Å². The number of carbonyl (C=O) groups excluding carboxylic acids is 1. The number of aliphatic carboxylic acids is 1. The van der Waals surface area contributed by atoms with Gasteiger partial charge in [0.1, 0.15) is 0 Å². The Labute approximate surface area is 106 Å². The van der Waals surface area contributed by atoms with Crippen molar-refractivity contribution in [3.63, 3.8) is 0 Å². The van der Waals surface area contributed by atoms with Crippen molar-refractivity contribution in [1.29, 1.82) is 0 Å². The normalized spacial score (nSPS) is 29.4. The zero-order chi connectivity index (χ0) is 13.2. The quantitative estimate of drug-likeness (QED) is 0.640. The average Bonchev–Trinajstić information content (AvgIpc) is 2.95. The standard InChI is InChI=1S/C13H20N2O3/c14-10-4-3-9(7-10)11(16)15-8-13(12(17)18)5-1-2-6-13/h3-4,9-10H,1-2,5-8,14H2,(H,15,16)(H,17,18). The summed E-state index contributed by atoms with van der Waals surface area (Å²) in [5.41, 5.74) is 4.94. The molecule has 0 saturated heterocycles. The highest BCUT2D eigenvalue weighted by Crippen LogP contribution is 2.37. The average molecular weight is 252 g/mol. The second-order valence-electron chi connectivity index (χ2n) is 5.40. The summed E-state index contributed by atoms with van der Waals surface area (Å²) >= 11 is 0. The van der Waals surface area contributed by atoms with E-state index in [-0.39, 0.29) is 24.4 Å². The number of hydrogen-bond donors (Lipinski definition) is 3. The van der Waals surface area contributed by atoms with Crippen molar-refractivity contribution in [2.24, 2.45) is 17.1 Å². The molecule has 2 unspecified atom stereocenters. The molecule has 0 heterocycles. The molecule has 2 atom stereocenters. The molecule has 1 fully saturated rings. The number of nitrogens with one attached hydrogen (secondary N) is 1. The largest absolute Gasteiger partial charge is 0.481 e. The van der Waals surface area contributed by atoms with Gasteiger partial charge in [-0.05, 0) is 19.3 Å². The molecule has 5 heteroatoms. The lowest BCUT2D eigenvalue weighted by Gasteiger charge is -2.24. The smallest absolute Gasteiger partial charge is 0.311 e. The molecule has 2 aliphatic carbocycles. The van der Waals surface area contributed by atoms with Crippen LogP contribution in [-0.4, -0.2) is 29.6 Å². The van der Waals surface area contributed by atoms with E-state index in [9.17, 15) is 14.7 Å². The van der Waals surface area contributed by atoms with Gasteiger partial charge < -0.3 is 16.2 Å². The van der Waals surface area contributed by atoms with Gasteiger partial charge in [-0.3, -0.25) is 9.59 Å². The zero-order valence-corrected chi connectivity index (χ0v) is 10.4. The lowest BCUT2D eigenvalue weighted by molar-refractivity contribution is -0.148. The Kier molecular flexibility index (Phi) is 3.71. The Balaban J connectivity index is 1.88. The maximum absolute atomic E-state index is 11.9. The topological polar surface area (TPSA) is 92.4 Å². The minimum atomic E-state index is -0.793. The van der Waals surface area contributed by atoms with Crippen LogP contribution in [0.5, 0.6) is 0 Å². The third-order valence-corrected chi connectivity index (χ3v) is 4.07. The first-order valence-corrected chi connectivity index (χ1v) is 6.48.